The number of hydrogen-bond donors (Lipinski definition) is 3. The van der Waals surface area contributed by atoms with E-state index in [1.165, 1.54) is 23.1 Å². The van der Waals surface area contributed by atoms with Crippen molar-refractivity contribution >= 4 is 56.6 Å². The third kappa shape index (κ3) is 5.65. The van der Waals surface area contributed by atoms with Crippen molar-refractivity contribution in [2.24, 2.45) is 0 Å². The van der Waals surface area contributed by atoms with Gasteiger partial charge in [-0.3, -0.25) is 4.79 Å². The van der Waals surface area contributed by atoms with E-state index < -0.39 is 0 Å². The Morgan fingerprint density at radius 3 is 2.77 bits per heavy atom. The highest BCUT2D eigenvalue weighted by molar-refractivity contribution is 8.01. The van der Waals surface area contributed by atoms with Gasteiger partial charge in [0.2, 0.25) is 5.91 Å². The molecule has 0 aliphatic rings. The molecule has 0 radical (unpaired) electrons. The highest BCUT2D eigenvalue weighted by Gasteiger charge is 2.10. The van der Waals surface area contributed by atoms with E-state index in [1.807, 2.05) is 55.5 Å². The molecule has 2 aromatic heterocycles. The molecule has 0 aliphatic heterocycles. The average molecular weight is 453 g/mol. The van der Waals surface area contributed by atoms with Gasteiger partial charge in [-0.15, -0.1) is 11.3 Å². The van der Waals surface area contributed by atoms with Gasteiger partial charge in [-0.05, 0) is 48.9 Å². The van der Waals surface area contributed by atoms with Crippen molar-refractivity contribution in [3.05, 3.63) is 72.2 Å². The first-order valence-electron chi connectivity index (χ1n) is 9.53. The lowest BCUT2D eigenvalue weighted by atomic mass is 10.2. The molecule has 0 bridgehead atoms. The number of urea groups is 1. The molecule has 7 nitrogen and oxygen atoms in total. The van der Waals surface area contributed by atoms with Crippen molar-refractivity contribution in [3.8, 4) is 0 Å². The SMILES string of the molecule is Cc1ccccc1NC(=O)Nc1ccc2nc(SCC(=O)NCc3ccco3)sc2c1. The summed E-state index contributed by atoms with van der Waals surface area (Å²) in [7, 11) is 0. The Bertz CT molecular complexity index is 1200. The number of amides is 3. The molecule has 4 rings (SSSR count). The summed E-state index contributed by atoms with van der Waals surface area (Å²) in [5.74, 6) is 0.894. The molecule has 0 aliphatic carbocycles. The van der Waals surface area contributed by atoms with Gasteiger partial charge >= 0.3 is 6.03 Å². The van der Waals surface area contributed by atoms with Crippen LogP contribution < -0.4 is 16.0 Å². The Morgan fingerprint density at radius 2 is 1.97 bits per heavy atom. The van der Waals surface area contributed by atoms with E-state index in [4.69, 9.17) is 4.42 Å². The van der Waals surface area contributed by atoms with Gasteiger partial charge in [0.25, 0.3) is 0 Å². The van der Waals surface area contributed by atoms with E-state index >= 15 is 0 Å². The lowest BCUT2D eigenvalue weighted by Gasteiger charge is -2.09. The molecular weight excluding hydrogens is 432 g/mol. The van der Waals surface area contributed by atoms with Crippen LogP contribution in [0.15, 0.2) is 69.6 Å². The number of rotatable bonds is 7. The summed E-state index contributed by atoms with van der Waals surface area (Å²) in [6.07, 6.45) is 1.58. The number of aromatic nitrogens is 1. The third-order valence-corrected chi connectivity index (χ3v) is 6.55. The van der Waals surface area contributed by atoms with E-state index in [0.717, 1.165) is 25.8 Å². The molecule has 0 fully saturated rings. The van der Waals surface area contributed by atoms with Crippen LogP contribution in [-0.2, 0) is 11.3 Å². The van der Waals surface area contributed by atoms with Crippen molar-refractivity contribution in [2.45, 2.75) is 17.8 Å². The standard InChI is InChI=1S/C22H20N4O3S2/c1-14-5-2-3-7-17(14)25-21(28)24-15-8-9-18-19(11-15)31-22(26-18)30-13-20(27)23-12-16-6-4-10-29-16/h2-11H,12-13H2,1H3,(H,23,27)(H2,24,25,28). The van der Waals surface area contributed by atoms with E-state index in [1.54, 1.807) is 12.3 Å². The monoisotopic (exact) mass is 452 g/mol. The maximum absolute atomic E-state index is 12.3. The van der Waals surface area contributed by atoms with Crippen LogP contribution in [0.5, 0.6) is 0 Å². The number of benzene rings is 2. The Kier molecular flexibility index (Phi) is 6.54. The van der Waals surface area contributed by atoms with E-state index in [0.29, 0.717) is 18.0 Å². The Morgan fingerprint density at radius 1 is 1.10 bits per heavy atom. The number of hydrogen-bond acceptors (Lipinski definition) is 6. The molecule has 4 aromatic rings. The van der Waals surface area contributed by atoms with Gasteiger partial charge in [-0.25, -0.2) is 9.78 Å². The minimum absolute atomic E-state index is 0.0871. The van der Waals surface area contributed by atoms with Crippen molar-refractivity contribution in [1.82, 2.24) is 10.3 Å². The van der Waals surface area contributed by atoms with Gasteiger partial charge in [0.15, 0.2) is 4.34 Å². The molecular formula is C22H20N4O3S2. The molecule has 0 atom stereocenters. The van der Waals surface area contributed by atoms with Crippen LogP contribution in [0.3, 0.4) is 0 Å². The van der Waals surface area contributed by atoms with Gasteiger partial charge in [-0.1, -0.05) is 30.0 Å². The molecule has 0 spiro atoms. The zero-order valence-corrected chi connectivity index (χ0v) is 18.3. The fourth-order valence-corrected chi connectivity index (χ4v) is 4.76. The maximum Gasteiger partial charge on any atom is 0.323 e. The van der Waals surface area contributed by atoms with Gasteiger partial charge < -0.3 is 20.4 Å². The van der Waals surface area contributed by atoms with Crippen LogP contribution in [0.2, 0.25) is 0 Å². The number of thiazole rings is 1. The molecule has 3 N–H and O–H groups in total. The Balaban J connectivity index is 1.32. The first-order valence-corrected chi connectivity index (χ1v) is 11.3. The minimum Gasteiger partial charge on any atom is -0.467 e. The number of anilines is 2. The van der Waals surface area contributed by atoms with Crippen molar-refractivity contribution in [3.63, 3.8) is 0 Å². The average Bonchev–Trinajstić information content (AvgIpc) is 3.41. The summed E-state index contributed by atoms with van der Waals surface area (Å²) in [4.78, 5) is 28.9. The summed E-state index contributed by atoms with van der Waals surface area (Å²) in [6.45, 7) is 2.31. The summed E-state index contributed by atoms with van der Waals surface area (Å²) in [5.41, 5.74) is 3.26. The predicted octanol–water partition coefficient (Wildman–Crippen LogP) is 5.25. The minimum atomic E-state index is -0.305. The third-order valence-electron chi connectivity index (χ3n) is 4.39. The van der Waals surface area contributed by atoms with Crippen LogP contribution in [0, 0.1) is 6.92 Å². The Hall–Kier alpha value is -3.30. The molecule has 0 saturated carbocycles. The number of aryl methyl sites for hydroxylation is 1. The van der Waals surface area contributed by atoms with Gasteiger partial charge in [0, 0.05) is 11.4 Å². The largest absolute Gasteiger partial charge is 0.467 e. The first-order chi connectivity index (χ1) is 15.1. The fourth-order valence-electron chi connectivity index (χ4n) is 2.82. The van der Waals surface area contributed by atoms with E-state index in [2.05, 4.69) is 20.9 Å². The predicted molar refractivity (Wildman–Crippen MR) is 125 cm³/mol. The maximum atomic E-state index is 12.3. The molecule has 31 heavy (non-hydrogen) atoms. The number of fused-ring (bicyclic) bond motifs is 1. The highest BCUT2D eigenvalue weighted by atomic mass is 32.2. The number of nitrogens with one attached hydrogen (secondary N) is 3. The number of para-hydroxylation sites is 1. The summed E-state index contributed by atoms with van der Waals surface area (Å²) in [5, 5.41) is 8.51. The molecule has 9 heteroatoms. The lowest BCUT2D eigenvalue weighted by Crippen LogP contribution is -2.24. The van der Waals surface area contributed by atoms with Crippen molar-refractivity contribution < 1.29 is 14.0 Å². The second-order valence-corrected chi connectivity index (χ2v) is 8.95. The zero-order chi connectivity index (χ0) is 21.6. The van der Waals surface area contributed by atoms with Crippen LogP contribution in [0.4, 0.5) is 16.2 Å². The number of thioether (sulfide) groups is 1. The van der Waals surface area contributed by atoms with Gasteiger partial charge in [0.1, 0.15) is 5.76 Å². The van der Waals surface area contributed by atoms with Gasteiger partial charge in [0.05, 0.1) is 28.8 Å². The van der Waals surface area contributed by atoms with Crippen LogP contribution in [0.25, 0.3) is 10.2 Å². The normalized spacial score (nSPS) is 10.7. The molecule has 2 heterocycles. The molecule has 3 amide bonds. The molecule has 0 unspecified atom stereocenters. The lowest BCUT2D eigenvalue weighted by molar-refractivity contribution is -0.118. The highest BCUT2D eigenvalue weighted by Crippen LogP contribution is 2.31. The first kappa shape index (κ1) is 21.0. The van der Waals surface area contributed by atoms with E-state index in [9.17, 15) is 9.59 Å². The Labute approximate surface area is 187 Å². The number of carbonyl (C=O) groups excluding carboxylic acids is 2. The van der Waals surface area contributed by atoms with Crippen molar-refractivity contribution in [2.75, 3.05) is 16.4 Å². The number of carbonyl (C=O) groups is 2. The topological polar surface area (TPSA) is 96.3 Å². The zero-order valence-electron chi connectivity index (χ0n) is 16.7. The summed E-state index contributed by atoms with van der Waals surface area (Å²) < 4.78 is 6.93. The molecule has 0 saturated heterocycles. The smallest absolute Gasteiger partial charge is 0.323 e. The van der Waals surface area contributed by atoms with Gasteiger partial charge in [-0.2, -0.15) is 0 Å². The van der Waals surface area contributed by atoms with Crippen LogP contribution >= 0.6 is 23.1 Å². The van der Waals surface area contributed by atoms with Crippen LogP contribution in [-0.4, -0.2) is 22.7 Å². The molecule has 2 aromatic carbocycles. The molecule has 158 valence electrons. The number of nitrogens with zero attached hydrogens (tertiary/aromatic N) is 1. The quantitative estimate of drug-likeness (QED) is 0.333. The second-order valence-electron chi connectivity index (χ2n) is 6.70. The second kappa shape index (κ2) is 9.67. The summed E-state index contributed by atoms with van der Waals surface area (Å²) >= 11 is 2.86. The van der Waals surface area contributed by atoms with E-state index in [-0.39, 0.29) is 17.7 Å². The van der Waals surface area contributed by atoms with Crippen LogP contribution in [0.1, 0.15) is 11.3 Å². The van der Waals surface area contributed by atoms with Crippen molar-refractivity contribution in [1.29, 1.82) is 0 Å². The summed E-state index contributed by atoms with van der Waals surface area (Å²) in [6, 6.07) is 16.4. The number of furan rings is 1. The fraction of sp³-hybridized carbons (Fsp3) is 0.136.